The maximum Gasteiger partial charge on any atom is 0.270 e. The molecule has 100 valence electrons. The molecule has 0 aliphatic heterocycles. The van der Waals surface area contributed by atoms with E-state index in [2.05, 4.69) is 24.2 Å². The summed E-state index contributed by atoms with van der Waals surface area (Å²) in [6, 6.07) is 8.24. The molecule has 1 N–H and O–H groups in total. The van der Waals surface area contributed by atoms with E-state index in [0.29, 0.717) is 6.54 Å². The van der Waals surface area contributed by atoms with Crippen molar-refractivity contribution in [3.05, 3.63) is 57.0 Å². The van der Waals surface area contributed by atoms with Crippen LogP contribution in [0.25, 0.3) is 0 Å². The molecule has 0 spiro atoms. The largest absolute Gasteiger partial charge is 0.299 e. The van der Waals surface area contributed by atoms with E-state index >= 15 is 0 Å². The minimum atomic E-state index is 0.181. The lowest BCUT2D eigenvalue weighted by Crippen LogP contribution is -2.20. The summed E-state index contributed by atoms with van der Waals surface area (Å²) in [5.74, 6) is 0. The number of hydrogen-bond acceptors (Lipinski definition) is 1. The summed E-state index contributed by atoms with van der Waals surface area (Å²) in [4.78, 5) is 12.4. The van der Waals surface area contributed by atoms with Crippen LogP contribution < -0.4 is 5.56 Å². The molecule has 3 heteroatoms. The van der Waals surface area contributed by atoms with Gasteiger partial charge in [0.1, 0.15) is 0 Å². The Morgan fingerprint density at radius 3 is 2.79 bits per heavy atom. The molecule has 0 bridgehead atoms. The molecule has 0 saturated heterocycles. The second-order valence-corrected chi connectivity index (χ2v) is 5.45. The number of fused-ring (bicyclic) bond motifs is 1. The highest BCUT2D eigenvalue weighted by atomic mass is 16.1. The Hall–Kier alpha value is -1.77. The molecule has 19 heavy (non-hydrogen) atoms. The summed E-state index contributed by atoms with van der Waals surface area (Å²) in [5, 5.41) is 3.32. The van der Waals surface area contributed by atoms with Crippen LogP contribution >= 0.6 is 0 Å². The summed E-state index contributed by atoms with van der Waals surface area (Å²) in [7, 11) is 0. The summed E-state index contributed by atoms with van der Waals surface area (Å²) in [6.45, 7) is 2.74. The van der Waals surface area contributed by atoms with Crippen LogP contribution in [0.1, 0.15) is 41.6 Å². The van der Waals surface area contributed by atoms with E-state index < -0.39 is 0 Å². The Bertz CT molecular complexity index is 636. The van der Waals surface area contributed by atoms with Crippen LogP contribution in [-0.4, -0.2) is 9.78 Å². The summed E-state index contributed by atoms with van der Waals surface area (Å²) < 4.78 is 1.78. The van der Waals surface area contributed by atoms with Gasteiger partial charge in [0.15, 0.2) is 0 Å². The van der Waals surface area contributed by atoms with Gasteiger partial charge >= 0.3 is 0 Å². The highest BCUT2D eigenvalue weighted by Crippen LogP contribution is 2.16. The minimum Gasteiger partial charge on any atom is -0.299 e. The number of aromatic nitrogens is 2. The van der Waals surface area contributed by atoms with Crippen molar-refractivity contribution in [1.82, 2.24) is 9.78 Å². The fourth-order valence-electron chi connectivity index (χ4n) is 2.89. The number of nitrogens with one attached hydrogen (secondary N) is 1. The summed E-state index contributed by atoms with van der Waals surface area (Å²) in [5.41, 5.74) is 4.81. The van der Waals surface area contributed by atoms with Crippen molar-refractivity contribution >= 4 is 0 Å². The van der Waals surface area contributed by atoms with Crippen molar-refractivity contribution in [2.24, 2.45) is 0 Å². The molecule has 1 aliphatic rings. The van der Waals surface area contributed by atoms with Crippen molar-refractivity contribution in [1.29, 1.82) is 0 Å². The van der Waals surface area contributed by atoms with E-state index in [4.69, 9.17) is 0 Å². The predicted octanol–water partition coefficient (Wildman–Crippen LogP) is 2.80. The van der Waals surface area contributed by atoms with Crippen LogP contribution in [0.2, 0.25) is 0 Å². The summed E-state index contributed by atoms with van der Waals surface area (Å²) >= 11 is 0. The van der Waals surface area contributed by atoms with Gasteiger partial charge in [-0.25, -0.2) is 4.68 Å². The standard InChI is InChI=1S/C16H20N2O/c1-12-7-5-6-8-13(12)11-18-16(19)14-9-3-2-4-10-15(14)17-18/h5-8,17H,2-4,9-11H2,1H3. The SMILES string of the molecule is Cc1ccccc1Cn1[nH]c2c(c1=O)CCCCC2. The maximum absolute atomic E-state index is 12.4. The molecule has 0 fully saturated rings. The highest BCUT2D eigenvalue weighted by Gasteiger charge is 2.16. The lowest BCUT2D eigenvalue weighted by Gasteiger charge is -2.06. The molecule has 1 aliphatic carbocycles. The molecule has 1 aromatic heterocycles. The van der Waals surface area contributed by atoms with Gasteiger partial charge in [0, 0.05) is 11.3 Å². The zero-order valence-corrected chi connectivity index (χ0v) is 11.4. The third-order valence-electron chi connectivity index (χ3n) is 4.08. The number of H-pyrrole nitrogens is 1. The first kappa shape index (κ1) is 12.3. The van der Waals surface area contributed by atoms with E-state index in [0.717, 1.165) is 30.5 Å². The van der Waals surface area contributed by atoms with Crippen LogP contribution in [0.4, 0.5) is 0 Å². The molecule has 0 unspecified atom stereocenters. The van der Waals surface area contributed by atoms with Crippen LogP contribution in [0, 0.1) is 6.92 Å². The molecule has 0 saturated carbocycles. The molecule has 3 nitrogen and oxygen atoms in total. The maximum atomic E-state index is 12.4. The van der Waals surface area contributed by atoms with Gasteiger partial charge in [-0.3, -0.25) is 9.89 Å². The monoisotopic (exact) mass is 256 g/mol. The van der Waals surface area contributed by atoms with Crippen LogP contribution in [0.15, 0.2) is 29.1 Å². The third kappa shape index (κ3) is 2.37. The van der Waals surface area contributed by atoms with E-state index in [-0.39, 0.29) is 5.56 Å². The van der Waals surface area contributed by atoms with E-state index in [1.807, 2.05) is 12.1 Å². The molecule has 0 radical (unpaired) electrons. The number of nitrogens with zero attached hydrogens (tertiary/aromatic N) is 1. The average molecular weight is 256 g/mol. The Balaban J connectivity index is 1.94. The van der Waals surface area contributed by atoms with Gasteiger partial charge in [-0.2, -0.15) is 0 Å². The lowest BCUT2D eigenvalue weighted by molar-refractivity contribution is 0.628. The first-order valence-corrected chi connectivity index (χ1v) is 7.11. The van der Waals surface area contributed by atoms with Gasteiger partial charge in [0.2, 0.25) is 0 Å². The van der Waals surface area contributed by atoms with Gasteiger partial charge < -0.3 is 0 Å². The highest BCUT2D eigenvalue weighted by molar-refractivity contribution is 5.26. The molecule has 0 amide bonds. The van der Waals surface area contributed by atoms with Gasteiger partial charge in [0.25, 0.3) is 5.56 Å². The van der Waals surface area contributed by atoms with Crippen LogP contribution in [0.5, 0.6) is 0 Å². The quantitative estimate of drug-likeness (QED) is 0.824. The predicted molar refractivity (Wildman–Crippen MR) is 76.6 cm³/mol. The Morgan fingerprint density at radius 2 is 1.95 bits per heavy atom. The third-order valence-corrected chi connectivity index (χ3v) is 4.08. The molecule has 2 aromatic rings. The zero-order valence-electron chi connectivity index (χ0n) is 11.4. The van der Waals surface area contributed by atoms with E-state index in [1.54, 1.807) is 4.68 Å². The number of rotatable bonds is 2. The van der Waals surface area contributed by atoms with Crippen molar-refractivity contribution in [2.45, 2.75) is 45.6 Å². The van der Waals surface area contributed by atoms with Crippen molar-refractivity contribution in [2.75, 3.05) is 0 Å². The number of aromatic amines is 1. The molecule has 3 rings (SSSR count). The fourth-order valence-corrected chi connectivity index (χ4v) is 2.89. The summed E-state index contributed by atoms with van der Waals surface area (Å²) in [6.07, 6.45) is 5.53. The minimum absolute atomic E-state index is 0.181. The van der Waals surface area contributed by atoms with Crippen LogP contribution in [0.3, 0.4) is 0 Å². The van der Waals surface area contributed by atoms with Crippen molar-refractivity contribution < 1.29 is 0 Å². The first-order valence-electron chi connectivity index (χ1n) is 7.11. The average Bonchev–Trinajstić information content (AvgIpc) is 2.60. The second-order valence-electron chi connectivity index (χ2n) is 5.45. The smallest absolute Gasteiger partial charge is 0.270 e. The Morgan fingerprint density at radius 1 is 1.16 bits per heavy atom. The molecule has 0 atom stereocenters. The number of benzene rings is 1. The molecule has 1 aromatic carbocycles. The van der Waals surface area contributed by atoms with Gasteiger partial charge in [-0.15, -0.1) is 0 Å². The number of hydrogen-bond donors (Lipinski definition) is 1. The molecular formula is C16H20N2O. The van der Waals surface area contributed by atoms with Gasteiger partial charge in [0.05, 0.1) is 6.54 Å². The molecular weight excluding hydrogens is 236 g/mol. The van der Waals surface area contributed by atoms with Crippen molar-refractivity contribution in [3.63, 3.8) is 0 Å². The Kier molecular flexibility index (Phi) is 3.28. The fraction of sp³-hybridized carbons (Fsp3) is 0.438. The normalized spacial score (nSPS) is 15.0. The molecule has 1 heterocycles. The zero-order chi connectivity index (χ0) is 13.2. The van der Waals surface area contributed by atoms with Gasteiger partial charge in [-0.05, 0) is 43.7 Å². The van der Waals surface area contributed by atoms with E-state index in [1.165, 1.54) is 24.0 Å². The number of aryl methyl sites for hydroxylation is 2. The first-order chi connectivity index (χ1) is 9.25. The van der Waals surface area contributed by atoms with Gasteiger partial charge in [-0.1, -0.05) is 30.7 Å². The Labute approximate surface area is 113 Å². The van der Waals surface area contributed by atoms with Crippen molar-refractivity contribution in [3.8, 4) is 0 Å². The lowest BCUT2D eigenvalue weighted by atomic mass is 10.1. The van der Waals surface area contributed by atoms with E-state index in [9.17, 15) is 4.79 Å². The van der Waals surface area contributed by atoms with Crippen LogP contribution in [-0.2, 0) is 19.4 Å². The topological polar surface area (TPSA) is 37.8 Å². The second kappa shape index (κ2) is 5.08.